The first-order valence-corrected chi connectivity index (χ1v) is 9.40. The third-order valence-electron chi connectivity index (χ3n) is 5.23. The Bertz CT molecular complexity index is 1120. The molecule has 8 heteroatoms. The van der Waals surface area contributed by atoms with Gasteiger partial charge in [0, 0.05) is 30.6 Å². The Morgan fingerprint density at radius 1 is 1.24 bits per heavy atom. The van der Waals surface area contributed by atoms with E-state index in [9.17, 15) is 23.1 Å². The van der Waals surface area contributed by atoms with Crippen LogP contribution in [0.5, 0.6) is 5.75 Å². The number of aromatic carboxylic acids is 1. The fourth-order valence-electron chi connectivity index (χ4n) is 3.67. The Labute approximate surface area is 169 Å². The quantitative estimate of drug-likeness (QED) is 0.556. The Morgan fingerprint density at radius 2 is 1.97 bits per heavy atom. The van der Waals surface area contributed by atoms with Crippen molar-refractivity contribution in [1.29, 1.82) is 0 Å². The van der Waals surface area contributed by atoms with Crippen LogP contribution in [-0.4, -0.2) is 22.0 Å². The van der Waals surface area contributed by atoms with E-state index in [0.29, 0.717) is 17.9 Å². The van der Waals surface area contributed by atoms with Crippen LogP contribution >= 0.6 is 11.6 Å². The topological polar surface area (TPSA) is 51.5 Å². The zero-order valence-corrected chi connectivity index (χ0v) is 16.1. The van der Waals surface area contributed by atoms with Gasteiger partial charge in [-0.3, -0.25) is 0 Å². The van der Waals surface area contributed by atoms with Crippen LogP contribution in [0, 0.1) is 0 Å². The average Bonchev–Trinajstić information content (AvgIpc) is 3.42. The highest BCUT2D eigenvalue weighted by Gasteiger charge is 2.31. The molecule has 0 saturated heterocycles. The first-order valence-electron chi connectivity index (χ1n) is 9.02. The number of ether oxygens (including phenoxy) is 1. The summed E-state index contributed by atoms with van der Waals surface area (Å²) in [6, 6.07) is 9.39. The number of carbonyl (C=O) groups is 1. The van der Waals surface area contributed by atoms with E-state index in [1.807, 2.05) is 12.1 Å². The molecule has 0 bridgehead atoms. The standard InChI is InChI=1S/C21H17ClF3NO3/c1-26-13(8-12-4-5-14(10-18(12)26)29-21(23,24)25)9-17-15(11-2-3-11)6-7-16(19(17)22)20(27)28/h4-8,10-11H,2-3,9H2,1H3,(H,27,28). The van der Waals surface area contributed by atoms with E-state index >= 15 is 0 Å². The summed E-state index contributed by atoms with van der Waals surface area (Å²) in [6.45, 7) is 0. The number of carboxylic acid groups (broad SMARTS) is 1. The number of hydrogen-bond acceptors (Lipinski definition) is 2. The van der Waals surface area contributed by atoms with Gasteiger partial charge in [-0.1, -0.05) is 17.7 Å². The highest BCUT2D eigenvalue weighted by Crippen LogP contribution is 2.44. The van der Waals surface area contributed by atoms with Gasteiger partial charge in [0.25, 0.3) is 0 Å². The lowest BCUT2D eigenvalue weighted by Crippen LogP contribution is -2.17. The number of fused-ring (bicyclic) bond motifs is 1. The molecule has 29 heavy (non-hydrogen) atoms. The van der Waals surface area contributed by atoms with Crippen LogP contribution in [0.4, 0.5) is 13.2 Å². The predicted octanol–water partition coefficient (Wildman–Crippen LogP) is 5.90. The molecule has 0 amide bonds. The summed E-state index contributed by atoms with van der Waals surface area (Å²) in [5.74, 6) is -1.02. The minimum atomic E-state index is -4.76. The monoisotopic (exact) mass is 423 g/mol. The molecule has 1 aliphatic rings. The molecular weight excluding hydrogens is 407 g/mol. The van der Waals surface area contributed by atoms with E-state index in [2.05, 4.69) is 4.74 Å². The molecule has 0 aliphatic heterocycles. The second-order valence-corrected chi connectivity index (χ2v) is 7.59. The molecule has 4 nitrogen and oxygen atoms in total. The van der Waals surface area contributed by atoms with Crippen LogP contribution in [0.1, 0.15) is 45.9 Å². The Balaban J connectivity index is 1.75. The molecule has 1 N–H and O–H groups in total. The highest BCUT2D eigenvalue weighted by molar-refractivity contribution is 6.34. The van der Waals surface area contributed by atoms with E-state index in [1.165, 1.54) is 18.2 Å². The number of aryl methyl sites for hydroxylation is 1. The van der Waals surface area contributed by atoms with Crippen molar-refractivity contribution in [2.45, 2.75) is 31.5 Å². The van der Waals surface area contributed by atoms with E-state index in [4.69, 9.17) is 11.6 Å². The molecule has 1 aromatic heterocycles. The molecule has 3 aromatic rings. The molecule has 4 rings (SSSR count). The van der Waals surface area contributed by atoms with Crippen molar-refractivity contribution in [3.8, 4) is 5.75 Å². The lowest BCUT2D eigenvalue weighted by molar-refractivity contribution is -0.274. The van der Waals surface area contributed by atoms with E-state index in [0.717, 1.165) is 35.0 Å². The summed E-state index contributed by atoms with van der Waals surface area (Å²) in [5.41, 5.74) is 3.24. The summed E-state index contributed by atoms with van der Waals surface area (Å²) in [4.78, 5) is 11.5. The predicted molar refractivity (Wildman–Crippen MR) is 103 cm³/mol. The normalized spacial score (nSPS) is 14.4. The lowest BCUT2D eigenvalue weighted by atomic mass is 9.96. The van der Waals surface area contributed by atoms with Crippen molar-refractivity contribution in [2.75, 3.05) is 0 Å². The molecule has 0 radical (unpaired) electrons. The van der Waals surface area contributed by atoms with Crippen LogP contribution in [0.2, 0.25) is 5.02 Å². The molecule has 1 saturated carbocycles. The molecule has 1 heterocycles. The van der Waals surface area contributed by atoms with Crippen molar-refractivity contribution >= 4 is 28.5 Å². The van der Waals surface area contributed by atoms with E-state index < -0.39 is 12.3 Å². The molecule has 152 valence electrons. The fraction of sp³-hybridized carbons (Fsp3) is 0.286. The SMILES string of the molecule is Cn1c(Cc2c(C3CC3)ccc(C(=O)O)c2Cl)cc2ccc(OC(F)(F)F)cc21. The first-order chi connectivity index (χ1) is 13.6. The summed E-state index contributed by atoms with van der Waals surface area (Å²) in [5, 5.41) is 10.4. The number of benzene rings is 2. The maximum atomic E-state index is 12.5. The third kappa shape index (κ3) is 3.92. The average molecular weight is 424 g/mol. The second kappa shape index (κ2) is 6.99. The minimum absolute atomic E-state index is 0.0469. The van der Waals surface area contributed by atoms with E-state index in [1.54, 1.807) is 17.7 Å². The van der Waals surface area contributed by atoms with Crippen LogP contribution < -0.4 is 4.74 Å². The molecule has 0 atom stereocenters. The smallest absolute Gasteiger partial charge is 0.478 e. The number of carboxylic acids is 1. The fourth-order valence-corrected chi connectivity index (χ4v) is 3.99. The summed E-state index contributed by atoms with van der Waals surface area (Å²) < 4.78 is 43.3. The van der Waals surface area contributed by atoms with Gasteiger partial charge in [-0.2, -0.15) is 0 Å². The second-order valence-electron chi connectivity index (χ2n) is 7.21. The molecule has 0 unspecified atom stereocenters. The number of alkyl halides is 3. The molecule has 1 fully saturated rings. The van der Waals surface area contributed by atoms with Gasteiger partial charge in [0.05, 0.1) is 16.1 Å². The molecule has 2 aromatic carbocycles. The zero-order chi connectivity index (χ0) is 20.9. The number of nitrogens with zero attached hydrogens (tertiary/aromatic N) is 1. The number of aromatic nitrogens is 1. The van der Waals surface area contributed by atoms with Crippen LogP contribution in [0.3, 0.4) is 0 Å². The lowest BCUT2D eigenvalue weighted by Gasteiger charge is -2.14. The summed E-state index contributed by atoms with van der Waals surface area (Å²) in [7, 11) is 1.75. The van der Waals surface area contributed by atoms with Gasteiger partial charge in [-0.25, -0.2) is 4.79 Å². The van der Waals surface area contributed by atoms with Crippen molar-refractivity contribution in [3.05, 3.63) is 63.8 Å². The Morgan fingerprint density at radius 3 is 2.59 bits per heavy atom. The third-order valence-corrected chi connectivity index (χ3v) is 5.67. The largest absolute Gasteiger partial charge is 0.573 e. The minimum Gasteiger partial charge on any atom is -0.478 e. The van der Waals surface area contributed by atoms with Gasteiger partial charge >= 0.3 is 12.3 Å². The summed E-state index contributed by atoms with van der Waals surface area (Å²) in [6.07, 6.45) is -2.32. The van der Waals surface area contributed by atoms with Gasteiger partial charge in [0.1, 0.15) is 5.75 Å². The molecule has 0 spiro atoms. The first kappa shape index (κ1) is 19.6. The molecular formula is C21H17ClF3NO3. The van der Waals surface area contributed by atoms with Crippen molar-refractivity contribution in [3.63, 3.8) is 0 Å². The van der Waals surface area contributed by atoms with Gasteiger partial charge in [0.15, 0.2) is 0 Å². The van der Waals surface area contributed by atoms with Gasteiger partial charge < -0.3 is 14.4 Å². The number of halogens is 4. The number of hydrogen-bond donors (Lipinski definition) is 1. The van der Waals surface area contributed by atoms with Crippen LogP contribution in [-0.2, 0) is 13.5 Å². The highest BCUT2D eigenvalue weighted by atomic mass is 35.5. The molecule has 1 aliphatic carbocycles. The van der Waals surface area contributed by atoms with Crippen molar-refractivity contribution in [2.24, 2.45) is 7.05 Å². The van der Waals surface area contributed by atoms with Crippen molar-refractivity contribution in [1.82, 2.24) is 4.57 Å². The zero-order valence-electron chi connectivity index (χ0n) is 15.4. The maximum absolute atomic E-state index is 12.5. The van der Waals surface area contributed by atoms with E-state index in [-0.39, 0.29) is 16.3 Å². The number of rotatable bonds is 5. The van der Waals surface area contributed by atoms with Crippen molar-refractivity contribution < 1.29 is 27.8 Å². The van der Waals surface area contributed by atoms with Crippen LogP contribution in [0.25, 0.3) is 10.9 Å². The van der Waals surface area contributed by atoms with Gasteiger partial charge in [-0.15, -0.1) is 13.2 Å². The Kier molecular flexibility index (Phi) is 4.73. The summed E-state index contributed by atoms with van der Waals surface area (Å²) >= 11 is 6.44. The van der Waals surface area contributed by atoms with Crippen LogP contribution in [0.15, 0.2) is 36.4 Å². The Hall–Kier alpha value is -2.67. The van der Waals surface area contributed by atoms with Gasteiger partial charge in [0.2, 0.25) is 0 Å². The maximum Gasteiger partial charge on any atom is 0.573 e. The van der Waals surface area contributed by atoms with Gasteiger partial charge in [-0.05, 0) is 54.2 Å².